The van der Waals surface area contributed by atoms with Crippen molar-refractivity contribution in [3.8, 4) is 5.75 Å². The van der Waals surface area contributed by atoms with E-state index in [0.717, 1.165) is 6.42 Å². The number of ether oxygens (including phenoxy) is 1. The highest BCUT2D eigenvalue weighted by molar-refractivity contribution is 8.02. The number of carbonyl (C=O) groups excluding carboxylic acids is 3. The van der Waals surface area contributed by atoms with Crippen molar-refractivity contribution in [2.24, 2.45) is 23.7 Å². The van der Waals surface area contributed by atoms with Gasteiger partial charge in [-0.05, 0) is 61.6 Å². The van der Waals surface area contributed by atoms with Crippen molar-refractivity contribution in [1.82, 2.24) is 4.90 Å². The summed E-state index contributed by atoms with van der Waals surface area (Å²) in [5, 5.41) is 16.8. The maximum atomic E-state index is 14.5. The molecule has 5 rings (SSSR count). The molecule has 3 fully saturated rings. The van der Waals surface area contributed by atoms with E-state index in [2.05, 4.69) is 17.6 Å². The Balaban J connectivity index is 1.52. The van der Waals surface area contributed by atoms with E-state index in [-0.39, 0.29) is 41.4 Å². The Morgan fingerprint density at radius 2 is 1.85 bits per heavy atom. The largest absolute Gasteiger partial charge is 0.494 e. The molecule has 41 heavy (non-hydrogen) atoms. The van der Waals surface area contributed by atoms with Crippen LogP contribution in [0.3, 0.4) is 0 Å². The molecular weight excluding hydrogens is 562 g/mol. The number of thioether (sulfide) groups is 1. The Hall–Kier alpha value is -2.75. The molecule has 0 radical (unpaired) electrons. The summed E-state index contributed by atoms with van der Waals surface area (Å²) < 4.78 is 4.70. The zero-order valence-electron chi connectivity index (χ0n) is 23.8. The molecule has 0 aliphatic carbocycles. The molecule has 3 aliphatic rings. The van der Waals surface area contributed by atoms with Crippen LogP contribution in [-0.4, -0.2) is 63.0 Å². The lowest BCUT2D eigenvalue weighted by molar-refractivity contribution is -0.142. The van der Waals surface area contributed by atoms with E-state index in [0.29, 0.717) is 35.2 Å². The number of hydrogen-bond acceptors (Lipinski definition) is 6. The highest BCUT2D eigenvalue weighted by atomic mass is 35.5. The molecule has 3 unspecified atom stereocenters. The van der Waals surface area contributed by atoms with Crippen molar-refractivity contribution in [3.05, 3.63) is 53.6 Å². The van der Waals surface area contributed by atoms with Crippen LogP contribution in [0, 0.1) is 23.7 Å². The molecule has 2 aromatic carbocycles. The minimum atomic E-state index is -0.865. The lowest BCUT2D eigenvalue weighted by Crippen LogP contribution is -2.58. The number of amides is 3. The summed E-state index contributed by atoms with van der Waals surface area (Å²) in [4.78, 5) is 44.1. The molecule has 3 heterocycles. The van der Waals surface area contributed by atoms with Gasteiger partial charge in [0.2, 0.25) is 17.7 Å². The summed E-state index contributed by atoms with van der Waals surface area (Å²) >= 11 is 7.99. The molecule has 3 aliphatic heterocycles. The fourth-order valence-electron chi connectivity index (χ4n) is 7.02. The van der Waals surface area contributed by atoms with E-state index >= 15 is 0 Å². The molecule has 8 atom stereocenters. The van der Waals surface area contributed by atoms with Gasteiger partial charge in [-0.3, -0.25) is 14.4 Å². The van der Waals surface area contributed by atoms with E-state index in [4.69, 9.17) is 16.3 Å². The third kappa shape index (κ3) is 5.00. The van der Waals surface area contributed by atoms with Crippen molar-refractivity contribution >= 4 is 52.5 Å². The Labute approximate surface area is 250 Å². The number of fused-ring (bicyclic) bond motifs is 1. The van der Waals surface area contributed by atoms with Gasteiger partial charge in [0.25, 0.3) is 0 Å². The fourth-order valence-corrected chi connectivity index (χ4v) is 9.61. The Morgan fingerprint density at radius 1 is 1.15 bits per heavy atom. The van der Waals surface area contributed by atoms with Gasteiger partial charge in [-0.15, -0.1) is 11.8 Å². The summed E-state index contributed by atoms with van der Waals surface area (Å²) in [5.41, 5.74) is 1.09. The van der Waals surface area contributed by atoms with Gasteiger partial charge in [0.1, 0.15) is 11.8 Å². The molecule has 10 heteroatoms. The van der Waals surface area contributed by atoms with Gasteiger partial charge < -0.3 is 25.4 Å². The zero-order chi connectivity index (χ0) is 29.5. The number of aliphatic hydroxyl groups excluding tert-OH is 1. The molecule has 3 saturated heterocycles. The third-order valence-corrected chi connectivity index (χ3v) is 11.6. The molecule has 2 aromatic rings. The summed E-state index contributed by atoms with van der Waals surface area (Å²) in [6, 6.07) is 12.7. The fraction of sp³-hybridized carbons (Fsp3) is 0.516. The second-order valence-electron chi connectivity index (χ2n) is 11.3. The van der Waals surface area contributed by atoms with Gasteiger partial charge in [0.15, 0.2) is 0 Å². The molecule has 220 valence electrons. The van der Waals surface area contributed by atoms with Gasteiger partial charge in [0, 0.05) is 10.9 Å². The Bertz CT molecular complexity index is 1310. The molecule has 0 aromatic heterocycles. The average Bonchev–Trinajstić information content (AvgIpc) is 3.55. The Morgan fingerprint density at radius 3 is 2.49 bits per heavy atom. The summed E-state index contributed by atoms with van der Waals surface area (Å²) in [7, 11) is 0. The number of nitrogens with one attached hydrogen (secondary N) is 2. The number of carbonyl (C=O) groups is 3. The number of aliphatic hydroxyl groups is 1. The molecule has 3 amide bonds. The van der Waals surface area contributed by atoms with Crippen LogP contribution in [0.2, 0.25) is 5.02 Å². The predicted molar refractivity (Wildman–Crippen MR) is 162 cm³/mol. The molecule has 0 saturated carbocycles. The first kappa shape index (κ1) is 29.7. The highest BCUT2D eigenvalue weighted by Crippen LogP contribution is 2.69. The van der Waals surface area contributed by atoms with E-state index in [9.17, 15) is 19.5 Å². The van der Waals surface area contributed by atoms with Gasteiger partial charge in [-0.2, -0.15) is 0 Å². The van der Waals surface area contributed by atoms with Crippen molar-refractivity contribution < 1.29 is 24.2 Å². The number of halogens is 1. The maximum Gasteiger partial charge on any atom is 0.248 e. The van der Waals surface area contributed by atoms with Crippen molar-refractivity contribution in [2.45, 2.75) is 62.6 Å². The van der Waals surface area contributed by atoms with E-state index in [1.54, 1.807) is 65.2 Å². The number of hydrogen-bond donors (Lipinski definition) is 3. The van der Waals surface area contributed by atoms with Crippen LogP contribution in [0.15, 0.2) is 48.5 Å². The van der Waals surface area contributed by atoms with Gasteiger partial charge in [0.05, 0.1) is 46.5 Å². The first-order chi connectivity index (χ1) is 19.7. The van der Waals surface area contributed by atoms with Crippen LogP contribution in [0.1, 0.15) is 40.5 Å². The average molecular weight is 600 g/mol. The smallest absolute Gasteiger partial charge is 0.248 e. The molecule has 3 N–H and O–H groups in total. The van der Waals surface area contributed by atoms with Crippen molar-refractivity contribution in [2.75, 3.05) is 23.8 Å². The molecular formula is C31H38ClN3O5S. The normalized spacial score (nSPS) is 29.7. The first-order valence-corrected chi connectivity index (χ1v) is 15.6. The van der Waals surface area contributed by atoms with Crippen LogP contribution in [0.25, 0.3) is 0 Å². The van der Waals surface area contributed by atoms with E-state index in [1.807, 2.05) is 20.8 Å². The standard InChI is InChI=1S/C31H38ClN3O5S/c1-5-17(3)23(16-36)35-27(29(38)34-22-10-8-7-9-21(22)32)31-18(4)15-24(41-31)25(26(31)30(35)39)28(37)33-19-11-13-20(14-12-19)40-6-2/h7-14,17-18,23-27,36H,5-6,15-16H2,1-4H3,(H,33,37)(H,34,38)/t17-,18?,23-,24-,25+,26-,27?,31?/m0/s1. The van der Waals surface area contributed by atoms with Crippen LogP contribution >= 0.6 is 23.4 Å². The molecule has 2 bridgehead atoms. The van der Waals surface area contributed by atoms with Crippen molar-refractivity contribution in [1.29, 1.82) is 0 Å². The van der Waals surface area contributed by atoms with E-state index < -0.39 is 28.7 Å². The number of benzene rings is 2. The summed E-state index contributed by atoms with van der Waals surface area (Å²) in [6.45, 7) is 8.24. The SMILES string of the molecule is CCOc1ccc(NC(=O)[C@@H]2[C@@H]3CC(C)C4(S3)C(C(=O)Nc3ccccc3Cl)N([C@@H](CO)[C@@H](C)CC)C(=O)[C@H]24)cc1. The van der Waals surface area contributed by atoms with Crippen molar-refractivity contribution in [3.63, 3.8) is 0 Å². The topological polar surface area (TPSA) is 108 Å². The second-order valence-corrected chi connectivity index (χ2v) is 13.3. The zero-order valence-corrected chi connectivity index (χ0v) is 25.4. The highest BCUT2D eigenvalue weighted by Gasteiger charge is 2.76. The first-order valence-electron chi connectivity index (χ1n) is 14.4. The quantitative estimate of drug-likeness (QED) is 0.352. The van der Waals surface area contributed by atoms with E-state index in [1.165, 1.54) is 0 Å². The van der Waals surface area contributed by atoms with Crippen LogP contribution in [0.5, 0.6) is 5.75 Å². The number of nitrogens with zero attached hydrogens (tertiary/aromatic N) is 1. The molecule has 1 spiro atoms. The van der Waals surface area contributed by atoms with Gasteiger partial charge in [-0.25, -0.2) is 0 Å². The number of para-hydroxylation sites is 1. The number of likely N-dealkylation sites (tertiary alicyclic amines) is 1. The molecule has 8 nitrogen and oxygen atoms in total. The summed E-state index contributed by atoms with van der Waals surface area (Å²) in [6.07, 6.45) is 1.44. The Kier molecular flexibility index (Phi) is 8.60. The third-order valence-electron chi connectivity index (χ3n) is 9.14. The maximum absolute atomic E-state index is 14.5. The lowest BCUT2D eigenvalue weighted by Gasteiger charge is -2.41. The number of anilines is 2. The van der Waals surface area contributed by atoms with Crippen LogP contribution in [-0.2, 0) is 14.4 Å². The van der Waals surface area contributed by atoms with Crippen LogP contribution < -0.4 is 15.4 Å². The lowest BCUT2D eigenvalue weighted by atomic mass is 9.66. The van der Waals surface area contributed by atoms with Gasteiger partial charge in [-0.1, -0.05) is 50.9 Å². The van der Waals surface area contributed by atoms with Gasteiger partial charge >= 0.3 is 0 Å². The minimum Gasteiger partial charge on any atom is -0.494 e. The van der Waals surface area contributed by atoms with Crippen LogP contribution in [0.4, 0.5) is 11.4 Å². The minimum absolute atomic E-state index is 0.00393. The predicted octanol–water partition coefficient (Wildman–Crippen LogP) is 5.06. The second kappa shape index (κ2) is 11.9. The monoisotopic (exact) mass is 599 g/mol. The summed E-state index contributed by atoms with van der Waals surface area (Å²) in [5.74, 6) is -1.44. The number of rotatable bonds is 10.